The van der Waals surface area contributed by atoms with Crippen LogP contribution in [0.4, 0.5) is 0 Å². The zero-order valence-electron chi connectivity index (χ0n) is 15.2. The molecule has 5 heteroatoms. The zero-order chi connectivity index (χ0) is 19.1. The normalized spacial score (nSPS) is 12.0. The molecule has 0 atom stereocenters. The van der Waals surface area contributed by atoms with E-state index in [1.165, 1.54) is 6.08 Å². The second-order valence-corrected chi connectivity index (χ2v) is 7.19. The Kier molecular flexibility index (Phi) is 6.39. The molecule has 1 aromatic carbocycles. The number of thiophene rings is 1. The number of para-hydroxylation sites is 1. The van der Waals surface area contributed by atoms with Gasteiger partial charge in [-0.05, 0) is 36.1 Å². The third kappa shape index (κ3) is 5.05. The summed E-state index contributed by atoms with van der Waals surface area (Å²) in [6, 6.07) is 11.7. The van der Waals surface area contributed by atoms with E-state index in [0.29, 0.717) is 12.1 Å². The van der Waals surface area contributed by atoms with Crippen molar-refractivity contribution in [2.75, 3.05) is 0 Å². The number of rotatable bonds is 8. The minimum absolute atomic E-state index is 0.0556. The van der Waals surface area contributed by atoms with E-state index in [9.17, 15) is 9.59 Å². The fourth-order valence-electron chi connectivity index (χ4n) is 2.75. The Labute approximate surface area is 162 Å². The number of Topliss-reactive ketones (excluding diaryl/α,β-unsaturated/α-hetero) is 1. The SMILES string of the molecule is CCCCC(=O)/C(=C/c1c[nH]c2ccccc12)NC(=O)/C=C/c1cccs1. The van der Waals surface area contributed by atoms with Gasteiger partial charge in [0.15, 0.2) is 5.78 Å². The number of fused-ring (bicyclic) bond motifs is 1. The highest BCUT2D eigenvalue weighted by Gasteiger charge is 2.13. The van der Waals surface area contributed by atoms with Crippen LogP contribution in [-0.4, -0.2) is 16.7 Å². The van der Waals surface area contributed by atoms with Crippen LogP contribution in [0.3, 0.4) is 0 Å². The molecular formula is C22H22N2O2S. The van der Waals surface area contributed by atoms with Gasteiger partial charge in [-0.15, -0.1) is 11.3 Å². The Balaban J connectivity index is 1.84. The van der Waals surface area contributed by atoms with Crippen molar-refractivity contribution in [1.29, 1.82) is 0 Å². The number of H-pyrrole nitrogens is 1. The number of allylic oxidation sites excluding steroid dienone is 1. The van der Waals surface area contributed by atoms with Gasteiger partial charge in [0.1, 0.15) is 0 Å². The fraction of sp³-hybridized carbons (Fsp3) is 0.182. The predicted octanol–water partition coefficient (Wildman–Crippen LogP) is 5.16. The Morgan fingerprint density at radius 1 is 1.19 bits per heavy atom. The Hall–Kier alpha value is -2.92. The molecule has 2 aromatic heterocycles. The van der Waals surface area contributed by atoms with Gasteiger partial charge in [0, 0.05) is 40.0 Å². The Bertz CT molecular complexity index is 981. The third-order valence-electron chi connectivity index (χ3n) is 4.18. The molecule has 2 N–H and O–H groups in total. The quantitative estimate of drug-likeness (QED) is 0.532. The monoisotopic (exact) mass is 378 g/mol. The number of nitrogens with one attached hydrogen (secondary N) is 2. The summed E-state index contributed by atoms with van der Waals surface area (Å²) in [4.78, 5) is 29.1. The number of carbonyl (C=O) groups excluding carboxylic acids is 2. The maximum atomic E-state index is 12.6. The average molecular weight is 378 g/mol. The van der Waals surface area contributed by atoms with Gasteiger partial charge in [0.25, 0.3) is 0 Å². The first-order chi connectivity index (χ1) is 13.2. The molecule has 0 fully saturated rings. The topological polar surface area (TPSA) is 62.0 Å². The first-order valence-electron chi connectivity index (χ1n) is 9.01. The molecule has 1 amide bonds. The molecule has 4 nitrogen and oxygen atoms in total. The Morgan fingerprint density at radius 2 is 2.04 bits per heavy atom. The molecule has 27 heavy (non-hydrogen) atoms. The highest BCUT2D eigenvalue weighted by atomic mass is 32.1. The summed E-state index contributed by atoms with van der Waals surface area (Å²) < 4.78 is 0. The molecule has 0 unspecified atom stereocenters. The molecule has 0 bridgehead atoms. The number of amides is 1. The summed E-state index contributed by atoms with van der Waals surface area (Å²) in [6.07, 6.45) is 8.96. The number of benzene rings is 1. The maximum Gasteiger partial charge on any atom is 0.248 e. The van der Waals surface area contributed by atoms with Crippen LogP contribution < -0.4 is 5.32 Å². The van der Waals surface area contributed by atoms with Crippen LogP contribution in [0.2, 0.25) is 0 Å². The summed E-state index contributed by atoms with van der Waals surface area (Å²) in [5.41, 5.74) is 2.20. The minimum Gasteiger partial charge on any atom is -0.361 e. The predicted molar refractivity (Wildman–Crippen MR) is 112 cm³/mol. The van der Waals surface area contributed by atoms with Crippen molar-refractivity contribution in [2.45, 2.75) is 26.2 Å². The van der Waals surface area contributed by atoms with Gasteiger partial charge < -0.3 is 10.3 Å². The number of unbranched alkanes of at least 4 members (excludes halogenated alkanes) is 1. The molecule has 2 heterocycles. The second-order valence-electron chi connectivity index (χ2n) is 6.21. The van der Waals surface area contributed by atoms with Crippen LogP contribution >= 0.6 is 11.3 Å². The fourth-order valence-corrected chi connectivity index (χ4v) is 3.36. The third-order valence-corrected chi connectivity index (χ3v) is 5.02. The van der Waals surface area contributed by atoms with Crippen molar-refractivity contribution < 1.29 is 9.59 Å². The lowest BCUT2D eigenvalue weighted by atomic mass is 10.1. The van der Waals surface area contributed by atoms with Crippen LogP contribution in [0.1, 0.15) is 36.6 Å². The van der Waals surface area contributed by atoms with Gasteiger partial charge in [0.05, 0.1) is 5.70 Å². The highest BCUT2D eigenvalue weighted by molar-refractivity contribution is 7.10. The molecule has 0 saturated carbocycles. The van der Waals surface area contributed by atoms with Crippen LogP contribution in [0.5, 0.6) is 0 Å². The summed E-state index contributed by atoms with van der Waals surface area (Å²) >= 11 is 1.55. The molecule has 0 saturated heterocycles. The van der Waals surface area contributed by atoms with Crippen LogP contribution in [0.15, 0.2) is 59.7 Å². The number of aromatic nitrogens is 1. The molecule has 3 rings (SSSR count). The largest absolute Gasteiger partial charge is 0.361 e. The molecule has 0 aliphatic rings. The average Bonchev–Trinajstić information content (AvgIpc) is 3.34. The highest BCUT2D eigenvalue weighted by Crippen LogP contribution is 2.20. The first-order valence-corrected chi connectivity index (χ1v) is 9.89. The number of hydrogen-bond donors (Lipinski definition) is 2. The summed E-state index contributed by atoms with van der Waals surface area (Å²) in [7, 11) is 0. The molecule has 0 spiro atoms. The van der Waals surface area contributed by atoms with Crippen molar-refractivity contribution in [3.05, 3.63) is 70.2 Å². The van der Waals surface area contributed by atoms with Gasteiger partial charge in [0.2, 0.25) is 5.91 Å². The van der Waals surface area contributed by atoms with Gasteiger partial charge in [-0.2, -0.15) is 0 Å². The van der Waals surface area contributed by atoms with Crippen molar-refractivity contribution in [1.82, 2.24) is 10.3 Å². The lowest BCUT2D eigenvalue weighted by Gasteiger charge is -2.07. The van der Waals surface area contributed by atoms with Gasteiger partial charge in [-0.3, -0.25) is 9.59 Å². The van der Waals surface area contributed by atoms with E-state index < -0.39 is 0 Å². The first kappa shape index (κ1) is 18.9. The number of carbonyl (C=O) groups is 2. The van der Waals surface area contributed by atoms with Crippen LogP contribution in [-0.2, 0) is 9.59 Å². The van der Waals surface area contributed by atoms with Gasteiger partial charge in [-0.1, -0.05) is 37.6 Å². The summed E-state index contributed by atoms with van der Waals surface area (Å²) in [5, 5.41) is 5.74. The van der Waals surface area contributed by atoms with Crippen molar-refractivity contribution in [2.24, 2.45) is 0 Å². The minimum atomic E-state index is -0.306. The lowest BCUT2D eigenvalue weighted by molar-refractivity contribution is -0.120. The van der Waals surface area contributed by atoms with Crippen LogP contribution in [0.25, 0.3) is 23.1 Å². The molecule has 3 aromatic rings. The lowest BCUT2D eigenvalue weighted by Crippen LogP contribution is -2.25. The number of aromatic amines is 1. The van der Waals surface area contributed by atoms with Crippen LogP contribution in [0, 0.1) is 0 Å². The van der Waals surface area contributed by atoms with E-state index >= 15 is 0 Å². The van der Waals surface area contributed by atoms with E-state index in [2.05, 4.69) is 10.3 Å². The van der Waals surface area contributed by atoms with Gasteiger partial charge in [-0.25, -0.2) is 0 Å². The molecule has 0 radical (unpaired) electrons. The van der Waals surface area contributed by atoms with E-state index in [1.807, 2.05) is 54.9 Å². The van der Waals surface area contributed by atoms with Gasteiger partial charge >= 0.3 is 0 Å². The maximum absolute atomic E-state index is 12.6. The van der Waals surface area contributed by atoms with E-state index in [-0.39, 0.29) is 11.7 Å². The van der Waals surface area contributed by atoms with Crippen molar-refractivity contribution in [3.63, 3.8) is 0 Å². The number of ketones is 1. The summed E-state index contributed by atoms with van der Waals surface area (Å²) in [5.74, 6) is -0.362. The van der Waals surface area contributed by atoms with E-state index in [0.717, 1.165) is 34.2 Å². The van der Waals surface area contributed by atoms with Crippen molar-refractivity contribution in [3.8, 4) is 0 Å². The molecule has 138 valence electrons. The zero-order valence-corrected chi connectivity index (χ0v) is 16.0. The molecule has 0 aliphatic heterocycles. The number of hydrogen-bond acceptors (Lipinski definition) is 3. The second kappa shape index (κ2) is 9.14. The Morgan fingerprint density at radius 3 is 2.81 bits per heavy atom. The summed E-state index contributed by atoms with van der Waals surface area (Å²) in [6.45, 7) is 2.04. The molecule has 0 aliphatic carbocycles. The smallest absolute Gasteiger partial charge is 0.248 e. The van der Waals surface area contributed by atoms with E-state index in [1.54, 1.807) is 23.5 Å². The van der Waals surface area contributed by atoms with Crippen molar-refractivity contribution >= 4 is 46.1 Å². The van der Waals surface area contributed by atoms with E-state index in [4.69, 9.17) is 0 Å². The standard InChI is InChI=1S/C22H22N2O2S/c1-2-3-10-21(25)20(24-22(26)12-11-17-7-6-13-27-17)14-16-15-23-19-9-5-4-8-18(16)19/h4-9,11-15,23H,2-3,10H2,1H3,(H,24,26)/b12-11+,20-14-. The molecular weight excluding hydrogens is 356 g/mol.